The van der Waals surface area contributed by atoms with Gasteiger partial charge in [-0.05, 0) is 19.3 Å². The van der Waals surface area contributed by atoms with Crippen LogP contribution in [-0.4, -0.2) is 93.0 Å². The van der Waals surface area contributed by atoms with E-state index in [9.17, 15) is 35.1 Å². The first-order chi connectivity index (χ1) is 36.7. The summed E-state index contributed by atoms with van der Waals surface area (Å²) in [4.78, 5) is 27.4. The third kappa shape index (κ3) is 41.4. The van der Waals surface area contributed by atoms with E-state index < -0.39 is 55.7 Å². The Morgan fingerprint density at radius 3 is 0.987 bits per heavy atom. The number of carbonyl (C=O) groups excluding carboxylic acids is 2. The summed E-state index contributed by atoms with van der Waals surface area (Å²) in [6, 6.07) is -1.08. The minimum atomic E-state index is -1.71. The van der Waals surface area contributed by atoms with Gasteiger partial charge in [-0.1, -0.05) is 310 Å². The zero-order chi connectivity index (χ0) is 54.7. The van der Waals surface area contributed by atoms with Gasteiger partial charge < -0.3 is 45.6 Å². The monoisotopic (exact) mass is 1070 g/mol. The Hall–Kier alpha value is -1.34. The molecule has 0 aromatic heterocycles. The van der Waals surface area contributed by atoms with E-state index in [0.29, 0.717) is 19.3 Å². The molecule has 1 aliphatic rings. The molecule has 1 saturated heterocycles. The maximum absolute atomic E-state index is 13.7. The van der Waals surface area contributed by atoms with E-state index in [2.05, 4.69) is 31.4 Å². The van der Waals surface area contributed by atoms with Crippen LogP contribution < -0.4 is 10.6 Å². The van der Waals surface area contributed by atoms with Gasteiger partial charge >= 0.3 is 0 Å². The second kappa shape index (κ2) is 53.3. The average molecular weight is 1070 g/mol. The standard InChI is InChI=1S/C64H126N2O9/c1-4-7-10-13-16-19-22-25-27-29-31-34-37-40-43-46-49-52-57(69)65-59(55(68)51-48-45-42-39-36-33-24-21-18-15-12-9-6-3)63(75-64-62(73)61(72)60(71)56(54-67)74-64)66-58(70)53-50-47-44-41-38-35-32-30-28-26-23-20-17-14-11-8-5-2/h55-56,59-64,67-68,71-73H,4-54H2,1-3H3,(H,65,69)(H,66,70)/t55-,56-,59+,60+,61+,62-,63?,64-/m1/s1. The van der Waals surface area contributed by atoms with Crippen molar-refractivity contribution in [3.8, 4) is 0 Å². The fraction of sp³-hybridized carbons (Fsp3) is 0.969. The highest BCUT2D eigenvalue weighted by Crippen LogP contribution is 2.25. The van der Waals surface area contributed by atoms with Crippen molar-refractivity contribution < 1.29 is 44.6 Å². The minimum Gasteiger partial charge on any atom is -0.394 e. The predicted molar refractivity (Wildman–Crippen MR) is 313 cm³/mol. The van der Waals surface area contributed by atoms with Crippen LogP contribution in [0.25, 0.3) is 0 Å². The van der Waals surface area contributed by atoms with Gasteiger partial charge in [-0.15, -0.1) is 0 Å². The highest BCUT2D eigenvalue weighted by atomic mass is 16.7. The molecule has 0 spiro atoms. The number of unbranched alkanes of at least 4 members (excludes halogenated alkanes) is 44. The van der Waals surface area contributed by atoms with E-state index in [1.165, 1.54) is 225 Å². The van der Waals surface area contributed by atoms with Gasteiger partial charge in [0.25, 0.3) is 0 Å². The van der Waals surface area contributed by atoms with Crippen LogP contribution in [0.5, 0.6) is 0 Å². The first-order valence-electron chi connectivity index (χ1n) is 32.9. The van der Waals surface area contributed by atoms with Crippen LogP contribution in [0, 0.1) is 0 Å². The number of aliphatic hydroxyl groups is 5. The summed E-state index contributed by atoms with van der Waals surface area (Å²) in [5, 5.41) is 60.0. The number of hydrogen-bond acceptors (Lipinski definition) is 9. The summed E-state index contributed by atoms with van der Waals surface area (Å²) in [7, 11) is 0. The first kappa shape index (κ1) is 71.7. The zero-order valence-corrected chi connectivity index (χ0v) is 49.6. The van der Waals surface area contributed by atoms with E-state index in [1.807, 2.05) is 0 Å². The quantitative estimate of drug-likeness (QED) is 0.0231. The van der Waals surface area contributed by atoms with Gasteiger partial charge in [0.05, 0.1) is 18.8 Å². The Kier molecular flexibility index (Phi) is 50.9. The van der Waals surface area contributed by atoms with E-state index >= 15 is 0 Å². The van der Waals surface area contributed by atoms with Crippen LogP contribution in [0.15, 0.2) is 0 Å². The molecule has 0 aromatic carbocycles. The van der Waals surface area contributed by atoms with Gasteiger partial charge in [-0.2, -0.15) is 0 Å². The molecule has 0 aromatic rings. The van der Waals surface area contributed by atoms with Crippen LogP contribution in [0.2, 0.25) is 0 Å². The largest absolute Gasteiger partial charge is 0.394 e. The summed E-state index contributed by atoms with van der Waals surface area (Å²) in [6.07, 6.45) is 48.6. The summed E-state index contributed by atoms with van der Waals surface area (Å²) in [5.74, 6) is -0.568. The van der Waals surface area contributed by atoms with Crippen LogP contribution in [0.3, 0.4) is 0 Å². The van der Waals surface area contributed by atoms with E-state index in [0.717, 1.165) is 64.2 Å². The Labute approximate surface area is 462 Å². The maximum atomic E-state index is 13.7. The fourth-order valence-corrected chi connectivity index (χ4v) is 11.0. The molecule has 0 bridgehead atoms. The van der Waals surface area contributed by atoms with E-state index in [1.54, 1.807) is 0 Å². The molecular formula is C64H126N2O9. The Morgan fingerprint density at radius 1 is 0.400 bits per heavy atom. The summed E-state index contributed by atoms with van der Waals surface area (Å²) in [5.41, 5.74) is 0. The zero-order valence-electron chi connectivity index (χ0n) is 49.6. The van der Waals surface area contributed by atoms with Crippen molar-refractivity contribution in [2.45, 2.75) is 391 Å². The topological polar surface area (TPSA) is 178 Å². The molecule has 1 heterocycles. The van der Waals surface area contributed by atoms with Gasteiger partial charge in [-0.3, -0.25) is 9.59 Å². The number of rotatable bonds is 57. The summed E-state index contributed by atoms with van der Waals surface area (Å²) < 4.78 is 12.0. The Bertz CT molecular complexity index is 1230. The molecule has 7 N–H and O–H groups in total. The number of ether oxygens (including phenoxy) is 2. The highest BCUT2D eigenvalue weighted by molar-refractivity contribution is 5.77. The van der Waals surface area contributed by atoms with Crippen molar-refractivity contribution in [1.29, 1.82) is 0 Å². The normalized spacial score (nSPS) is 19.1. The molecule has 2 amide bonds. The third-order valence-corrected chi connectivity index (χ3v) is 16.1. The van der Waals surface area contributed by atoms with E-state index in [-0.39, 0.29) is 24.7 Å². The average Bonchev–Trinajstić information content (AvgIpc) is 3.40. The third-order valence-electron chi connectivity index (χ3n) is 16.1. The molecule has 1 unspecified atom stereocenters. The van der Waals surface area contributed by atoms with Crippen LogP contribution in [0.4, 0.5) is 0 Å². The molecular weight excluding hydrogens is 941 g/mol. The van der Waals surface area contributed by atoms with Crippen LogP contribution >= 0.6 is 0 Å². The molecule has 1 aliphatic heterocycles. The highest BCUT2D eigenvalue weighted by Gasteiger charge is 2.46. The fourth-order valence-electron chi connectivity index (χ4n) is 11.0. The van der Waals surface area contributed by atoms with Crippen molar-refractivity contribution >= 4 is 11.8 Å². The SMILES string of the molecule is CCCCCCCCCCCCCCCCCCCC(=O)NC(O[C@H]1O[C@H](CO)[C@H](O)[C@H](O)[C@H]1O)[C@@H](NC(=O)CCCCCCCCCCCCCCCCCCC)[C@H](O)CCCCCCCCCCCCCCC. The van der Waals surface area contributed by atoms with Gasteiger partial charge in [0.1, 0.15) is 24.4 Å². The molecule has 75 heavy (non-hydrogen) atoms. The number of carbonyl (C=O) groups is 2. The molecule has 0 radical (unpaired) electrons. The van der Waals surface area contributed by atoms with Crippen LogP contribution in [0.1, 0.15) is 342 Å². The molecule has 0 aliphatic carbocycles. The van der Waals surface area contributed by atoms with Crippen molar-refractivity contribution in [1.82, 2.24) is 10.6 Å². The van der Waals surface area contributed by atoms with Crippen molar-refractivity contribution in [2.24, 2.45) is 0 Å². The number of nitrogens with one attached hydrogen (secondary N) is 2. The van der Waals surface area contributed by atoms with Gasteiger partial charge in [0.15, 0.2) is 12.5 Å². The predicted octanol–water partition coefficient (Wildman–Crippen LogP) is 15.7. The minimum absolute atomic E-state index is 0.224. The lowest BCUT2D eigenvalue weighted by molar-refractivity contribution is -0.316. The van der Waals surface area contributed by atoms with Crippen molar-refractivity contribution in [3.63, 3.8) is 0 Å². The molecule has 1 fully saturated rings. The van der Waals surface area contributed by atoms with Crippen molar-refractivity contribution in [2.75, 3.05) is 6.61 Å². The lowest BCUT2D eigenvalue weighted by Gasteiger charge is -2.42. The second-order valence-corrected chi connectivity index (χ2v) is 23.3. The first-order valence-corrected chi connectivity index (χ1v) is 32.9. The maximum Gasteiger partial charge on any atom is 0.222 e. The summed E-state index contributed by atoms with van der Waals surface area (Å²) >= 11 is 0. The molecule has 1 rings (SSSR count). The van der Waals surface area contributed by atoms with Crippen molar-refractivity contribution in [3.05, 3.63) is 0 Å². The number of aliphatic hydroxyl groups excluding tert-OH is 5. The lowest BCUT2D eigenvalue weighted by atomic mass is 9.98. The van der Waals surface area contributed by atoms with Crippen LogP contribution in [-0.2, 0) is 19.1 Å². The number of hydrogen-bond donors (Lipinski definition) is 7. The Balaban J connectivity index is 2.78. The molecule has 8 atom stereocenters. The smallest absolute Gasteiger partial charge is 0.222 e. The molecule has 446 valence electrons. The Morgan fingerprint density at radius 2 is 0.680 bits per heavy atom. The summed E-state index contributed by atoms with van der Waals surface area (Å²) in [6.45, 7) is 6.16. The second-order valence-electron chi connectivity index (χ2n) is 23.3. The number of amides is 2. The van der Waals surface area contributed by atoms with Gasteiger partial charge in [0, 0.05) is 12.8 Å². The van der Waals surface area contributed by atoms with Gasteiger partial charge in [-0.25, -0.2) is 0 Å². The molecule has 11 heteroatoms. The molecule has 0 saturated carbocycles. The van der Waals surface area contributed by atoms with E-state index in [4.69, 9.17) is 9.47 Å². The lowest BCUT2D eigenvalue weighted by Crippen LogP contribution is -2.64. The van der Waals surface area contributed by atoms with Gasteiger partial charge in [0.2, 0.25) is 11.8 Å². The molecule has 11 nitrogen and oxygen atoms in total.